The molecule has 0 spiro atoms. The lowest BCUT2D eigenvalue weighted by atomic mass is 10.1. The highest BCUT2D eigenvalue weighted by molar-refractivity contribution is 5.64. The molecular weight excluding hydrogens is 204 g/mol. The number of ether oxygens (including phenoxy) is 2. The molecule has 1 unspecified atom stereocenters. The minimum absolute atomic E-state index is 0.0828. The summed E-state index contributed by atoms with van der Waals surface area (Å²) in [6.07, 6.45) is 9.80. The van der Waals surface area contributed by atoms with Gasteiger partial charge in [0.25, 0.3) is 0 Å². The van der Waals surface area contributed by atoms with Gasteiger partial charge in [0, 0.05) is 13.2 Å². The lowest BCUT2D eigenvalue weighted by Gasteiger charge is -2.12. The van der Waals surface area contributed by atoms with Gasteiger partial charge in [-0.3, -0.25) is 4.79 Å². The van der Waals surface area contributed by atoms with E-state index >= 15 is 0 Å². The number of hydrogen-bond donors (Lipinski definition) is 0. The molecule has 0 aromatic rings. The standard InChI is InChI=1S/C13H24O3/c1-3-15-13(2)16-12-10-8-6-4-5-7-9-11-14/h7,9,11,13H,3-6,8,10,12H2,1-2H3/b9-7+. The summed E-state index contributed by atoms with van der Waals surface area (Å²) in [6.45, 7) is 5.36. The first-order valence-electron chi connectivity index (χ1n) is 6.14. The fourth-order valence-corrected chi connectivity index (χ4v) is 1.40. The quantitative estimate of drug-likeness (QED) is 0.236. The lowest BCUT2D eigenvalue weighted by molar-refractivity contribution is -0.127. The second kappa shape index (κ2) is 12.4. The molecule has 0 radical (unpaired) electrons. The van der Waals surface area contributed by atoms with Crippen molar-refractivity contribution in [2.24, 2.45) is 0 Å². The largest absolute Gasteiger partial charge is 0.353 e. The summed E-state index contributed by atoms with van der Waals surface area (Å²) in [6, 6.07) is 0. The average Bonchev–Trinajstić information content (AvgIpc) is 2.27. The zero-order valence-corrected chi connectivity index (χ0v) is 10.5. The molecule has 1 atom stereocenters. The van der Waals surface area contributed by atoms with Crippen molar-refractivity contribution in [1.82, 2.24) is 0 Å². The SMILES string of the molecule is CCOC(C)OCCCCCC/C=C/C=O. The molecule has 0 saturated heterocycles. The zero-order valence-electron chi connectivity index (χ0n) is 10.5. The number of carbonyl (C=O) groups is 1. The van der Waals surface area contributed by atoms with Crippen LogP contribution in [0.5, 0.6) is 0 Å². The first-order valence-corrected chi connectivity index (χ1v) is 6.14. The van der Waals surface area contributed by atoms with Gasteiger partial charge in [-0.1, -0.05) is 18.9 Å². The lowest BCUT2D eigenvalue weighted by Crippen LogP contribution is -2.13. The van der Waals surface area contributed by atoms with E-state index in [1.54, 1.807) is 6.08 Å². The first kappa shape index (κ1) is 15.3. The van der Waals surface area contributed by atoms with Gasteiger partial charge in [-0.05, 0) is 39.2 Å². The zero-order chi connectivity index (χ0) is 12.1. The predicted octanol–water partition coefficient (Wildman–Crippen LogP) is 3.09. The molecule has 0 heterocycles. The molecule has 0 aromatic heterocycles. The van der Waals surface area contributed by atoms with Gasteiger partial charge in [0.2, 0.25) is 0 Å². The van der Waals surface area contributed by atoms with Crippen molar-refractivity contribution in [2.45, 2.75) is 52.2 Å². The van der Waals surface area contributed by atoms with E-state index in [1.807, 2.05) is 19.9 Å². The number of carbonyl (C=O) groups excluding carboxylic acids is 1. The second-order valence-electron chi connectivity index (χ2n) is 3.66. The van der Waals surface area contributed by atoms with E-state index < -0.39 is 0 Å². The molecule has 0 fully saturated rings. The summed E-state index contributed by atoms with van der Waals surface area (Å²) in [5, 5.41) is 0. The Kier molecular flexibility index (Phi) is 11.9. The number of unbranched alkanes of at least 4 members (excludes halogenated alkanes) is 4. The van der Waals surface area contributed by atoms with Crippen LogP contribution in [0, 0.1) is 0 Å². The van der Waals surface area contributed by atoms with Crippen LogP contribution in [-0.2, 0) is 14.3 Å². The molecule has 0 N–H and O–H groups in total. The van der Waals surface area contributed by atoms with Crippen LogP contribution in [0.15, 0.2) is 12.2 Å². The van der Waals surface area contributed by atoms with Gasteiger partial charge >= 0.3 is 0 Å². The summed E-state index contributed by atoms with van der Waals surface area (Å²) in [5.74, 6) is 0. The maximum Gasteiger partial charge on any atom is 0.154 e. The predicted molar refractivity (Wildman–Crippen MR) is 65.3 cm³/mol. The van der Waals surface area contributed by atoms with Crippen LogP contribution in [0.25, 0.3) is 0 Å². The van der Waals surface area contributed by atoms with Crippen molar-refractivity contribution in [3.8, 4) is 0 Å². The van der Waals surface area contributed by atoms with Gasteiger partial charge in [-0.2, -0.15) is 0 Å². The van der Waals surface area contributed by atoms with Crippen LogP contribution in [-0.4, -0.2) is 25.8 Å². The van der Waals surface area contributed by atoms with Crippen LogP contribution in [0.4, 0.5) is 0 Å². The molecule has 0 saturated carbocycles. The third-order valence-electron chi connectivity index (χ3n) is 2.23. The van der Waals surface area contributed by atoms with Crippen LogP contribution < -0.4 is 0 Å². The molecule has 16 heavy (non-hydrogen) atoms. The van der Waals surface area contributed by atoms with Crippen LogP contribution in [0.1, 0.15) is 46.0 Å². The van der Waals surface area contributed by atoms with E-state index in [-0.39, 0.29) is 6.29 Å². The van der Waals surface area contributed by atoms with E-state index in [1.165, 1.54) is 12.8 Å². The first-order chi connectivity index (χ1) is 7.81. The summed E-state index contributed by atoms with van der Waals surface area (Å²) >= 11 is 0. The van der Waals surface area contributed by atoms with Gasteiger partial charge in [0.1, 0.15) is 6.29 Å². The molecule has 0 aromatic carbocycles. The minimum Gasteiger partial charge on any atom is -0.353 e. The minimum atomic E-state index is -0.0828. The van der Waals surface area contributed by atoms with Crippen molar-refractivity contribution in [3.63, 3.8) is 0 Å². The fraction of sp³-hybridized carbons (Fsp3) is 0.769. The molecular formula is C13H24O3. The van der Waals surface area contributed by atoms with Crippen LogP contribution >= 0.6 is 0 Å². The molecule has 0 aliphatic carbocycles. The van der Waals surface area contributed by atoms with Crippen LogP contribution in [0.3, 0.4) is 0 Å². The summed E-state index contributed by atoms with van der Waals surface area (Å²) in [4.78, 5) is 9.98. The number of aldehydes is 1. The molecule has 0 aliphatic rings. The molecule has 0 rings (SSSR count). The van der Waals surface area contributed by atoms with Gasteiger partial charge in [0.05, 0.1) is 0 Å². The molecule has 3 heteroatoms. The van der Waals surface area contributed by atoms with Crippen LogP contribution in [0.2, 0.25) is 0 Å². The van der Waals surface area contributed by atoms with Crippen molar-refractivity contribution < 1.29 is 14.3 Å². The molecule has 3 nitrogen and oxygen atoms in total. The fourth-order valence-electron chi connectivity index (χ4n) is 1.40. The molecule has 94 valence electrons. The Morgan fingerprint density at radius 3 is 2.56 bits per heavy atom. The van der Waals surface area contributed by atoms with E-state index in [4.69, 9.17) is 9.47 Å². The van der Waals surface area contributed by atoms with E-state index in [2.05, 4.69) is 0 Å². The van der Waals surface area contributed by atoms with Crippen molar-refractivity contribution in [3.05, 3.63) is 12.2 Å². The smallest absolute Gasteiger partial charge is 0.154 e. The van der Waals surface area contributed by atoms with Gasteiger partial charge in [0.15, 0.2) is 6.29 Å². The van der Waals surface area contributed by atoms with Crippen molar-refractivity contribution in [2.75, 3.05) is 13.2 Å². The normalized spacial score (nSPS) is 13.1. The average molecular weight is 228 g/mol. The Hall–Kier alpha value is -0.670. The number of allylic oxidation sites excluding steroid dienone is 2. The maximum atomic E-state index is 9.98. The van der Waals surface area contributed by atoms with E-state index in [0.29, 0.717) is 6.61 Å². The third-order valence-corrected chi connectivity index (χ3v) is 2.23. The number of hydrogen-bond acceptors (Lipinski definition) is 3. The summed E-state index contributed by atoms with van der Waals surface area (Å²) < 4.78 is 10.7. The molecule has 0 aliphatic heterocycles. The summed E-state index contributed by atoms with van der Waals surface area (Å²) in [7, 11) is 0. The highest BCUT2D eigenvalue weighted by Gasteiger charge is 1.98. The highest BCUT2D eigenvalue weighted by Crippen LogP contribution is 2.04. The highest BCUT2D eigenvalue weighted by atomic mass is 16.7. The van der Waals surface area contributed by atoms with Gasteiger partial charge in [-0.15, -0.1) is 0 Å². The number of rotatable bonds is 11. The van der Waals surface area contributed by atoms with Crippen molar-refractivity contribution in [1.29, 1.82) is 0 Å². The van der Waals surface area contributed by atoms with Crippen molar-refractivity contribution >= 4 is 6.29 Å². The Labute approximate surface area is 98.8 Å². The van der Waals surface area contributed by atoms with E-state index in [9.17, 15) is 4.79 Å². The monoisotopic (exact) mass is 228 g/mol. The Balaban J connectivity index is 3.09. The van der Waals surface area contributed by atoms with Gasteiger partial charge in [-0.25, -0.2) is 0 Å². The maximum absolute atomic E-state index is 9.98. The Morgan fingerprint density at radius 2 is 1.88 bits per heavy atom. The molecule has 0 bridgehead atoms. The third kappa shape index (κ3) is 11.4. The van der Waals surface area contributed by atoms with E-state index in [0.717, 1.165) is 32.2 Å². The summed E-state index contributed by atoms with van der Waals surface area (Å²) in [5.41, 5.74) is 0. The Morgan fingerprint density at radius 1 is 1.12 bits per heavy atom. The molecule has 0 amide bonds. The topological polar surface area (TPSA) is 35.5 Å². The Bertz CT molecular complexity index is 178. The van der Waals surface area contributed by atoms with Gasteiger partial charge < -0.3 is 9.47 Å². The second-order valence-corrected chi connectivity index (χ2v) is 3.66.